The van der Waals surface area contributed by atoms with E-state index in [2.05, 4.69) is 31.6 Å². The molecule has 1 heterocycles. The highest BCUT2D eigenvalue weighted by molar-refractivity contribution is 6.09. The van der Waals surface area contributed by atoms with Gasteiger partial charge in [-0.15, -0.1) is 0 Å². The lowest BCUT2D eigenvalue weighted by molar-refractivity contribution is -0.142. The zero-order valence-electron chi connectivity index (χ0n) is 16.1. The number of hydrogen-bond donors (Lipinski definition) is 2. The molecule has 7 nitrogen and oxygen atoms in total. The smallest absolute Gasteiger partial charge is 0.323 e. The number of hydroxylamine groups is 1. The number of hydrogen-bond acceptors (Lipinski definition) is 4. The van der Waals surface area contributed by atoms with Crippen molar-refractivity contribution in [2.24, 2.45) is 11.3 Å². The summed E-state index contributed by atoms with van der Waals surface area (Å²) in [6.07, 6.45) is 2.19. The molecule has 1 saturated carbocycles. The molecule has 1 aromatic carbocycles. The largest absolute Gasteiger partial charge is 0.325 e. The van der Waals surface area contributed by atoms with Crippen LogP contribution in [0.15, 0.2) is 30.3 Å². The Morgan fingerprint density at radius 2 is 1.96 bits per heavy atom. The average molecular weight is 373 g/mol. The Balaban J connectivity index is 1.58. The van der Waals surface area contributed by atoms with Gasteiger partial charge in [-0.05, 0) is 36.2 Å². The molecule has 2 atom stereocenters. The molecule has 4 amide bonds. The second-order valence-electron chi connectivity index (χ2n) is 8.56. The first-order valence-corrected chi connectivity index (χ1v) is 9.29. The molecule has 0 radical (unpaired) electrons. The molecule has 27 heavy (non-hydrogen) atoms. The Labute approximate surface area is 159 Å². The van der Waals surface area contributed by atoms with Gasteiger partial charge in [0.2, 0.25) is 0 Å². The van der Waals surface area contributed by atoms with Crippen LogP contribution in [0.1, 0.15) is 45.6 Å². The molecule has 0 aromatic heterocycles. The molecule has 0 unspecified atom stereocenters. The molecular formula is C20H27N3O4. The van der Waals surface area contributed by atoms with Crippen LogP contribution < -0.4 is 10.8 Å². The summed E-state index contributed by atoms with van der Waals surface area (Å²) in [6, 6.07) is 8.88. The minimum absolute atomic E-state index is 0.0440. The van der Waals surface area contributed by atoms with Crippen LogP contribution >= 0.6 is 0 Å². The summed E-state index contributed by atoms with van der Waals surface area (Å²) in [5.41, 5.74) is 2.27. The lowest BCUT2D eigenvalue weighted by Gasteiger charge is -2.43. The molecule has 1 aromatic rings. The molecule has 1 aliphatic heterocycles. The molecule has 0 bridgehead atoms. The zero-order valence-corrected chi connectivity index (χ0v) is 16.1. The predicted octanol–water partition coefficient (Wildman–Crippen LogP) is 2.37. The first kappa shape index (κ1) is 19.4. The van der Waals surface area contributed by atoms with Gasteiger partial charge >= 0.3 is 6.03 Å². The standard InChI is InChI=1S/C20H27N3O4/c1-14-9-19(2,3)13-20(10-14)17(25)23(18(26)21-20)11-16(24)22-27-12-15-7-5-4-6-8-15/h4-8,14H,9-13H2,1-3H3,(H,21,26)(H,22,24)/t14-,20+/m0/s1. The van der Waals surface area contributed by atoms with E-state index in [9.17, 15) is 14.4 Å². The van der Waals surface area contributed by atoms with Gasteiger partial charge in [-0.2, -0.15) is 0 Å². The summed E-state index contributed by atoms with van der Waals surface area (Å²) in [5.74, 6) is -0.527. The highest BCUT2D eigenvalue weighted by Crippen LogP contribution is 2.46. The van der Waals surface area contributed by atoms with E-state index in [0.717, 1.165) is 16.9 Å². The van der Waals surface area contributed by atoms with Gasteiger partial charge in [0.15, 0.2) is 0 Å². The van der Waals surface area contributed by atoms with Crippen molar-refractivity contribution in [3.63, 3.8) is 0 Å². The van der Waals surface area contributed by atoms with Crippen molar-refractivity contribution in [1.82, 2.24) is 15.7 Å². The van der Waals surface area contributed by atoms with E-state index in [1.807, 2.05) is 30.3 Å². The van der Waals surface area contributed by atoms with Gasteiger partial charge in [-0.25, -0.2) is 10.3 Å². The van der Waals surface area contributed by atoms with Crippen LogP contribution in [0.4, 0.5) is 4.79 Å². The maximum atomic E-state index is 13.0. The predicted molar refractivity (Wildman–Crippen MR) is 99.1 cm³/mol. The van der Waals surface area contributed by atoms with Crippen molar-refractivity contribution >= 4 is 17.8 Å². The topological polar surface area (TPSA) is 87.7 Å². The summed E-state index contributed by atoms with van der Waals surface area (Å²) in [4.78, 5) is 43.7. The van der Waals surface area contributed by atoms with Crippen LogP contribution in [0, 0.1) is 11.3 Å². The van der Waals surface area contributed by atoms with E-state index in [1.165, 1.54) is 0 Å². The van der Waals surface area contributed by atoms with Gasteiger partial charge in [0.05, 0.1) is 6.61 Å². The van der Waals surface area contributed by atoms with Crippen LogP contribution in [0.2, 0.25) is 0 Å². The van der Waals surface area contributed by atoms with E-state index in [0.29, 0.717) is 18.8 Å². The number of rotatable bonds is 5. The molecular weight excluding hydrogens is 346 g/mol. The fourth-order valence-corrected chi connectivity index (χ4v) is 4.60. The SMILES string of the molecule is C[C@H]1CC(C)(C)C[C@@]2(C1)NC(=O)N(CC(=O)NOCc1ccccc1)C2=O. The molecule has 1 spiro atoms. The van der Waals surface area contributed by atoms with Gasteiger partial charge in [-0.3, -0.25) is 19.3 Å². The van der Waals surface area contributed by atoms with Crippen molar-refractivity contribution in [3.8, 4) is 0 Å². The maximum Gasteiger partial charge on any atom is 0.325 e. The number of amides is 4. The fourth-order valence-electron chi connectivity index (χ4n) is 4.60. The molecule has 3 rings (SSSR count). The third-order valence-corrected chi connectivity index (χ3v) is 5.19. The van der Waals surface area contributed by atoms with Gasteiger partial charge in [-0.1, -0.05) is 51.1 Å². The number of imide groups is 1. The van der Waals surface area contributed by atoms with E-state index in [4.69, 9.17) is 4.84 Å². The van der Waals surface area contributed by atoms with Crippen molar-refractivity contribution in [2.75, 3.05) is 6.54 Å². The van der Waals surface area contributed by atoms with Crippen LogP contribution in [0.5, 0.6) is 0 Å². The van der Waals surface area contributed by atoms with Crippen LogP contribution in [-0.2, 0) is 21.0 Å². The Morgan fingerprint density at radius 1 is 1.26 bits per heavy atom. The minimum atomic E-state index is -0.899. The van der Waals surface area contributed by atoms with E-state index in [1.54, 1.807) is 0 Å². The number of nitrogens with one attached hydrogen (secondary N) is 2. The van der Waals surface area contributed by atoms with Gasteiger partial charge in [0.25, 0.3) is 11.8 Å². The third kappa shape index (κ3) is 4.30. The number of benzene rings is 1. The number of urea groups is 1. The molecule has 1 aliphatic carbocycles. The van der Waals surface area contributed by atoms with Crippen LogP contribution in [0.25, 0.3) is 0 Å². The van der Waals surface area contributed by atoms with E-state index in [-0.39, 0.29) is 24.5 Å². The van der Waals surface area contributed by atoms with Crippen molar-refractivity contribution < 1.29 is 19.2 Å². The molecule has 7 heteroatoms. The molecule has 1 saturated heterocycles. The Bertz CT molecular complexity index is 734. The lowest BCUT2D eigenvalue weighted by Crippen LogP contribution is -2.54. The highest BCUT2D eigenvalue weighted by atomic mass is 16.6. The highest BCUT2D eigenvalue weighted by Gasteiger charge is 2.56. The van der Waals surface area contributed by atoms with Crippen molar-refractivity contribution in [3.05, 3.63) is 35.9 Å². The molecule has 2 aliphatic rings. The fraction of sp³-hybridized carbons (Fsp3) is 0.550. The average Bonchev–Trinajstić information content (AvgIpc) is 2.77. The number of carbonyl (C=O) groups excluding carboxylic acids is 3. The maximum absolute atomic E-state index is 13.0. The molecule has 146 valence electrons. The lowest BCUT2D eigenvalue weighted by atomic mass is 9.64. The normalized spacial score (nSPS) is 26.9. The Hall–Kier alpha value is -2.41. The summed E-state index contributed by atoms with van der Waals surface area (Å²) in [5, 5.41) is 2.86. The number of carbonyl (C=O) groups is 3. The monoisotopic (exact) mass is 373 g/mol. The second-order valence-corrected chi connectivity index (χ2v) is 8.56. The molecule has 2 fully saturated rings. The van der Waals surface area contributed by atoms with Gasteiger partial charge in [0, 0.05) is 0 Å². The number of nitrogens with zero attached hydrogens (tertiary/aromatic N) is 1. The summed E-state index contributed by atoms with van der Waals surface area (Å²) < 4.78 is 0. The minimum Gasteiger partial charge on any atom is -0.323 e. The van der Waals surface area contributed by atoms with Crippen LogP contribution in [0.3, 0.4) is 0 Å². The Morgan fingerprint density at radius 3 is 2.63 bits per heavy atom. The van der Waals surface area contributed by atoms with Crippen LogP contribution in [-0.4, -0.2) is 34.8 Å². The summed E-state index contributed by atoms with van der Waals surface area (Å²) in [6.45, 7) is 6.17. The van der Waals surface area contributed by atoms with E-state index < -0.39 is 17.5 Å². The quantitative estimate of drug-likeness (QED) is 0.613. The first-order chi connectivity index (χ1) is 12.7. The van der Waals surface area contributed by atoms with Crippen molar-refractivity contribution in [1.29, 1.82) is 0 Å². The van der Waals surface area contributed by atoms with Gasteiger partial charge < -0.3 is 5.32 Å². The third-order valence-electron chi connectivity index (χ3n) is 5.19. The second kappa shape index (κ2) is 7.31. The Kier molecular flexibility index (Phi) is 5.24. The van der Waals surface area contributed by atoms with E-state index >= 15 is 0 Å². The van der Waals surface area contributed by atoms with Gasteiger partial charge in [0.1, 0.15) is 12.1 Å². The summed E-state index contributed by atoms with van der Waals surface area (Å²) >= 11 is 0. The van der Waals surface area contributed by atoms with Crippen molar-refractivity contribution in [2.45, 2.75) is 52.2 Å². The molecule has 2 N–H and O–H groups in total. The zero-order chi connectivity index (χ0) is 19.7. The summed E-state index contributed by atoms with van der Waals surface area (Å²) in [7, 11) is 0. The first-order valence-electron chi connectivity index (χ1n) is 9.29.